The lowest BCUT2D eigenvalue weighted by atomic mass is 9.99. The number of nitrogens with two attached hydrogens (primary N) is 1. The molecule has 0 saturated heterocycles. The van der Waals surface area contributed by atoms with Crippen LogP contribution in [0.4, 0.5) is 4.39 Å². The molecule has 0 amide bonds. The molecule has 0 aliphatic rings. The monoisotopic (exact) mass is 440 g/mol. The maximum absolute atomic E-state index is 14.3. The molecule has 0 radical (unpaired) electrons. The number of hydrogen-bond acceptors (Lipinski definition) is 2. The molecule has 2 aromatic carbocycles. The van der Waals surface area contributed by atoms with E-state index < -0.39 is 11.9 Å². The van der Waals surface area contributed by atoms with E-state index in [0.717, 1.165) is 5.56 Å². The SMILES string of the molecule is NNC(c1ccc(Cl)c(Br)c1)c1ccc(Br)c(Cl)c1F. The van der Waals surface area contributed by atoms with Crippen LogP contribution >= 0.6 is 55.1 Å². The zero-order valence-corrected chi connectivity index (χ0v) is 14.6. The molecule has 0 spiro atoms. The van der Waals surface area contributed by atoms with Gasteiger partial charge in [-0.3, -0.25) is 5.84 Å². The Balaban J connectivity index is 2.52. The van der Waals surface area contributed by atoms with E-state index in [2.05, 4.69) is 37.3 Å². The Morgan fingerprint density at radius 1 is 1.10 bits per heavy atom. The van der Waals surface area contributed by atoms with Gasteiger partial charge in [-0.05, 0) is 55.6 Å². The number of halogens is 5. The summed E-state index contributed by atoms with van der Waals surface area (Å²) in [6.45, 7) is 0. The van der Waals surface area contributed by atoms with Crippen molar-refractivity contribution in [3.8, 4) is 0 Å². The van der Waals surface area contributed by atoms with Crippen LogP contribution in [0.2, 0.25) is 10.0 Å². The van der Waals surface area contributed by atoms with E-state index in [-0.39, 0.29) is 5.02 Å². The van der Waals surface area contributed by atoms with Crippen LogP contribution in [0.15, 0.2) is 39.3 Å². The summed E-state index contributed by atoms with van der Waals surface area (Å²) in [5, 5.41) is 0.592. The highest BCUT2D eigenvalue weighted by atomic mass is 79.9. The van der Waals surface area contributed by atoms with Crippen molar-refractivity contribution < 1.29 is 4.39 Å². The van der Waals surface area contributed by atoms with Gasteiger partial charge in [-0.2, -0.15) is 0 Å². The van der Waals surface area contributed by atoms with Crippen molar-refractivity contribution in [2.45, 2.75) is 6.04 Å². The number of hydrogen-bond donors (Lipinski definition) is 2. The van der Waals surface area contributed by atoms with Gasteiger partial charge in [0.25, 0.3) is 0 Å². The molecule has 1 atom stereocenters. The highest BCUT2D eigenvalue weighted by molar-refractivity contribution is 9.10. The van der Waals surface area contributed by atoms with Gasteiger partial charge < -0.3 is 0 Å². The van der Waals surface area contributed by atoms with E-state index in [1.165, 1.54) is 0 Å². The van der Waals surface area contributed by atoms with Crippen LogP contribution < -0.4 is 11.3 Å². The van der Waals surface area contributed by atoms with Crippen LogP contribution in [0.25, 0.3) is 0 Å². The summed E-state index contributed by atoms with van der Waals surface area (Å²) in [5.41, 5.74) is 3.71. The van der Waals surface area contributed by atoms with Gasteiger partial charge in [0.2, 0.25) is 0 Å². The van der Waals surface area contributed by atoms with Gasteiger partial charge in [0.05, 0.1) is 16.1 Å². The van der Waals surface area contributed by atoms with Gasteiger partial charge in [-0.15, -0.1) is 0 Å². The lowest BCUT2D eigenvalue weighted by molar-refractivity contribution is 0.560. The molecule has 0 saturated carbocycles. The van der Waals surface area contributed by atoms with Crippen LogP contribution in [0, 0.1) is 5.82 Å². The van der Waals surface area contributed by atoms with Crippen LogP contribution in [-0.4, -0.2) is 0 Å². The van der Waals surface area contributed by atoms with Crippen LogP contribution in [0.3, 0.4) is 0 Å². The molecule has 1 unspecified atom stereocenters. The fraction of sp³-hybridized carbons (Fsp3) is 0.0769. The van der Waals surface area contributed by atoms with Crippen molar-refractivity contribution >= 4 is 55.1 Å². The lowest BCUT2D eigenvalue weighted by Gasteiger charge is -2.19. The summed E-state index contributed by atoms with van der Waals surface area (Å²) in [6, 6.07) is 8.03. The standard InChI is InChI=1S/C13H9Br2Cl2FN2/c14-8-3-2-7(12(18)11(8)17)13(20-19)6-1-4-10(16)9(15)5-6/h1-5,13,20H,19H2. The van der Waals surface area contributed by atoms with Crippen molar-refractivity contribution in [2.75, 3.05) is 0 Å². The third-order valence-corrected chi connectivity index (χ3v) is 5.29. The average molecular weight is 443 g/mol. The van der Waals surface area contributed by atoms with Gasteiger partial charge in [-0.1, -0.05) is 35.3 Å². The number of benzene rings is 2. The minimum absolute atomic E-state index is 0.0239. The Labute approximate surface area is 142 Å². The van der Waals surface area contributed by atoms with Gasteiger partial charge in [0.15, 0.2) is 0 Å². The zero-order valence-electron chi connectivity index (χ0n) is 9.93. The summed E-state index contributed by atoms with van der Waals surface area (Å²) in [7, 11) is 0. The predicted molar refractivity (Wildman–Crippen MR) is 87.4 cm³/mol. The number of rotatable bonds is 3. The summed E-state index contributed by atoms with van der Waals surface area (Å²) in [6.07, 6.45) is 0. The van der Waals surface area contributed by atoms with Crippen LogP contribution in [0.1, 0.15) is 17.2 Å². The molecule has 2 nitrogen and oxygen atoms in total. The van der Waals surface area contributed by atoms with Crippen molar-refractivity contribution in [3.63, 3.8) is 0 Å². The Bertz CT molecular complexity index is 653. The van der Waals surface area contributed by atoms with Gasteiger partial charge >= 0.3 is 0 Å². The Morgan fingerprint density at radius 2 is 1.80 bits per heavy atom. The molecule has 0 aliphatic carbocycles. The third kappa shape index (κ3) is 3.18. The van der Waals surface area contributed by atoms with Gasteiger partial charge in [0.1, 0.15) is 5.82 Å². The predicted octanol–water partition coefficient (Wildman–Crippen LogP) is 5.21. The Kier molecular flexibility index (Phi) is 5.45. The maximum atomic E-state index is 14.3. The first-order valence-corrected chi connectivity index (χ1v) is 7.84. The summed E-state index contributed by atoms with van der Waals surface area (Å²) >= 11 is 18.4. The molecule has 0 bridgehead atoms. The van der Waals surface area contributed by atoms with Gasteiger partial charge in [0, 0.05) is 14.5 Å². The minimum Gasteiger partial charge on any atom is -0.271 e. The van der Waals surface area contributed by atoms with E-state index in [4.69, 9.17) is 29.0 Å². The van der Waals surface area contributed by atoms with E-state index >= 15 is 0 Å². The molecule has 0 heterocycles. The van der Waals surface area contributed by atoms with E-state index in [1.54, 1.807) is 30.3 Å². The summed E-state index contributed by atoms with van der Waals surface area (Å²) < 4.78 is 15.5. The zero-order chi connectivity index (χ0) is 14.9. The lowest BCUT2D eigenvalue weighted by Crippen LogP contribution is -2.29. The van der Waals surface area contributed by atoms with Crippen molar-refractivity contribution in [2.24, 2.45) is 5.84 Å². The fourth-order valence-corrected chi connectivity index (χ4v) is 2.81. The molecule has 106 valence electrons. The number of hydrazine groups is 1. The highest BCUT2D eigenvalue weighted by Crippen LogP contribution is 2.34. The molecule has 20 heavy (non-hydrogen) atoms. The molecule has 0 fully saturated rings. The molecule has 0 aliphatic heterocycles. The molecular weight excluding hydrogens is 434 g/mol. The first kappa shape index (κ1) is 16.2. The molecule has 0 aromatic heterocycles. The average Bonchev–Trinajstić information content (AvgIpc) is 2.43. The topological polar surface area (TPSA) is 38.0 Å². The minimum atomic E-state index is -0.533. The molecule has 3 N–H and O–H groups in total. The highest BCUT2D eigenvalue weighted by Gasteiger charge is 2.20. The smallest absolute Gasteiger partial charge is 0.148 e. The third-order valence-electron chi connectivity index (χ3n) is 2.82. The van der Waals surface area contributed by atoms with E-state index in [0.29, 0.717) is 19.5 Å². The second-order valence-electron chi connectivity index (χ2n) is 4.04. The largest absolute Gasteiger partial charge is 0.271 e. The van der Waals surface area contributed by atoms with Crippen LogP contribution in [0.5, 0.6) is 0 Å². The van der Waals surface area contributed by atoms with Crippen molar-refractivity contribution in [1.82, 2.24) is 5.43 Å². The second kappa shape index (κ2) is 6.73. The molecular formula is C13H9Br2Cl2FN2. The second-order valence-corrected chi connectivity index (χ2v) is 6.53. The quantitative estimate of drug-likeness (QED) is 0.389. The molecule has 7 heteroatoms. The normalized spacial score (nSPS) is 12.5. The fourth-order valence-electron chi connectivity index (χ4n) is 1.82. The molecule has 2 rings (SSSR count). The van der Waals surface area contributed by atoms with Crippen molar-refractivity contribution in [3.05, 3.63) is 66.3 Å². The Hall–Kier alpha value is -0.170. The first-order chi connectivity index (χ1) is 9.45. The van der Waals surface area contributed by atoms with Crippen LogP contribution in [-0.2, 0) is 0 Å². The Morgan fingerprint density at radius 3 is 2.40 bits per heavy atom. The van der Waals surface area contributed by atoms with E-state index in [1.807, 2.05) is 0 Å². The summed E-state index contributed by atoms with van der Waals surface area (Å²) in [5.74, 6) is 5.04. The van der Waals surface area contributed by atoms with E-state index in [9.17, 15) is 4.39 Å². The van der Waals surface area contributed by atoms with Gasteiger partial charge in [-0.25, -0.2) is 9.82 Å². The number of nitrogens with one attached hydrogen (secondary N) is 1. The first-order valence-electron chi connectivity index (χ1n) is 5.50. The summed E-state index contributed by atoms with van der Waals surface area (Å²) in [4.78, 5) is 0. The maximum Gasteiger partial charge on any atom is 0.148 e. The molecule has 2 aromatic rings. The van der Waals surface area contributed by atoms with Crippen molar-refractivity contribution in [1.29, 1.82) is 0 Å².